The summed E-state index contributed by atoms with van der Waals surface area (Å²) in [5.74, 6) is -0.107. The maximum Gasteiger partial charge on any atom is 0.239 e. The molecule has 0 spiro atoms. The number of likely N-dealkylation sites (tertiary alicyclic amines) is 1. The molecule has 1 aliphatic rings. The molecule has 16 heavy (non-hydrogen) atoms. The fraction of sp³-hybridized carbons (Fsp3) is 0.909. The molecule has 1 saturated heterocycles. The van der Waals surface area contributed by atoms with Crippen molar-refractivity contribution >= 4 is 5.91 Å². The van der Waals surface area contributed by atoms with Gasteiger partial charge in [0.2, 0.25) is 5.91 Å². The van der Waals surface area contributed by atoms with Crippen molar-refractivity contribution in [3.63, 3.8) is 0 Å². The first-order valence-electron chi connectivity index (χ1n) is 5.94. The average Bonchev–Trinajstić information content (AvgIpc) is 2.29. The molecule has 1 fully saturated rings. The molecule has 0 aromatic heterocycles. The lowest BCUT2D eigenvalue weighted by Crippen LogP contribution is -2.52. The SMILES string of the molecule is CCN1CCCC(NC(=O)C(N)COC)C1. The first-order chi connectivity index (χ1) is 7.67. The second kappa shape index (κ2) is 6.83. The summed E-state index contributed by atoms with van der Waals surface area (Å²) in [6, 6.07) is -0.314. The molecule has 3 N–H and O–H groups in total. The van der Waals surface area contributed by atoms with Crippen LogP contribution in [0.5, 0.6) is 0 Å². The number of piperidine rings is 1. The zero-order chi connectivity index (χ0) is 12.0. The summed E-state index contributed by atoms with van der Waals surface area (Å²) in [6.07, 6.45) is 2.18. The van der Waals surface area contributed by atoms with Gasteiger partial charge in [0.1, 0.15) is 6.04 Å². The highest BCUT2D eigenvalue weighted by atomic mass is 16.5. The van der Waals surface area contributed by atoms with Crippen molar-refractivity contribution in [3.8, 4) is 0 Å². The standard InChI is InChI=1S/C11H23N3O2/c1-3-14-6-4-5-9(7-14)13-11(15)10(12)8-16-2/h9-10H,3-8,12H2,1-2H3,(H,13,15). The fourth-order valence-electron chi connectivity index (χ4n) is 2.02. The Labute approximate surface area is 97.3 Å². The number of hydrogen-bond donors (Lipinski definition) is 2. The lowest BCUT2D eigenvalue weighted by Gasteiger charge is -2.32. The summed E-state index contributed by atoms with van der Waals surface area (Å²) >= 11 is 0. The average molecular weight is 229 g/mol. The molecule has 0 aliphatic carbocycles. The van der Waals surface area contributed by atoms with E-state index in [1.165, 1.54) is 0 Å². The van der Waals surface area contributed by atoms with E-state index < -0.39 is 6.04 Å². The summed E-state index contributed by atoms with van der Waals surface area (Å²) in [4.78, 5) is 14.0. The van der Waals surface area contributed by atoms with Crippen LogP contribution in [0.2, 0.25) is 0 Å². The van der Waals surface area contributed by atoms with E-state index in [1.807, 2.05) is 0 Å². The highest BCUT2D eigenvalue weighted by Gasteiger charge is 2.22. The molecule has 2 atom stereocenters. The van der Waals surface area contributed by atoms with Gasteiger partial charge in [-0.25, -0.2) is 0 Å². The van der Waals surface area contributed by atoms with E-state index in [9.17, 15) is 4.79 Å². The predicted octanol–water partition coefficient (Wildman–Crippen LogP) is -0.439. The third-order valence-electron chi connectivity index (χ3n) is 2.98. The topological polar surface area (TPSA) is 67.6 Å². The molecule has 1 amide bonds. The molecule has 5 nitrogen and oxygen atoms in total. The van der Waals surface area contributed by atoms with Crippen molar-refractivity contribution in [3.05, 3.63) is 0 Å². The Morgan fingerprint density at radius 1 is 1.69 bits per heavy atom. The first kappa shape index (κ1) is 13.4. The van der Waals surface area contributed by atoms with E-state index in [0.29, 0.717) is 0 Å². The molecule has 2 unspecified atom stereocenters. The van der Waals surface area contributed by atoms with Crippen LogP contribution in [0, 0.1) is 0 Å². The molecular formula is C11H23N3O2. The van der Waals surface area contributed by atoms with Gasteiger partial charge < -0.3 is 20.7 Å². The number of nitrogens with one attached hydrogen (secondary N) is 1. The van der Waals surface area contributed by atoms with Crippen LogP contribution >= 0.6 is 0 Å². The normalized spacial score (nSPS) is 24.1. The highest BCUT2D eigenvalue weighted by Crippen LogP contribution is 2.09. The number of nitrogens with two attached hydrogens (primary N) is 1. The zero-order valence-electron chi connectivity index (χ0n) is 10.2. The van der Waals surface area contributed by atoms with Crippen LogP contribution in [0.15, 0.2) is 0 Å². The van der Waals surface area contributed by atoms with Gasteiger partial charge in [0.25, 0.3) is 0 Å². The van der Waals surface area contributed by atoms with Gasteiger partial charge in [-0.3, -0.25) is 4.79 Å². The monoisotopic (exact) mass is 229 g/mol. The molecule has 5 heteroatoms. The number of methoxy groups -OCH3 is 1. The van der Waals surface area contributed by atoms with Crippen molar-refractivity contribution in [1.82, 2.24) is 10.2 Å². The number of likely N-dealkylation sites (N-methyl/N-ethyl adjacent to an activating group) is 1. The molecular weight excluding hydrogens is 206 g/mol. The second-order valence-corrected chi connectivity index (χ2v) is 4.30. The van der Waals surface area contributed by atoms with Crippen LogP contribution < -0.4 is 11.1 Å². The summed E-state index contributed by atoms with van der Waals surface area (Å²) in [5, 5.41) is 2.98. The Hall–Kier alpha value is -0.650. The van der Waals surface area contributed by atoms with E-state index in [1.54, 1.807) is 7.11 Å². The molecule has 1 rings (SSSR count). The van der Waals surface area contributed by atoms with Gasteiger partial charge in [0, 0.05) is 19.7 Å². The van der Waals surface area contributed by atoms with Crippen molar-refractivity contribution in [2.75, 3.05) is 33.4 Å². The lowest BCUT2D eigenvalue weighted by molar-refractivity contribution is -0.124. The zero-order valence-corrected chi connectivity index (χ0v) is 10.2. The Morgan fingerprint density at radius 2 is 2.44 bits per heavy atom. The Morgan fingerprint density at radius 3 is 3.06 bits per heavy atom. The molecule has 1 aliphatic heterocycles. The van der Waals surface area contributed by atoms with Crippen molar-refractivity contribution < 1.29 is 9.53 Å². The van der Waals surface area contributed by atoms with Gasteiger partial charge in [-0.15, -0.1) is 0 Å². The molecule has 1 heterocycles. The Kier molecular flexibility index (Phi) is 5.73. The summed E-state index contributed by atoms with van der Waals surface area (Å²) < 4.78 is 4.86. The maximum atomic E-state index is 11.7. The number of carbonyl (C=O) groups excluding carboxylic acids is 1. The van der Waals surface area contributed by atoms with Crippen molar-refractivity contribution in [2.45, 2.75) is 31.8 Å². The van der Waals surface area contributed by atoms with Crippen LogP contribution in [0.25, 0.3) is 0 Å². The molecule has 0 saturated carbocycles. The number of hydrogen-bond acceptors (Lipinski definition) is 4. The van der Waals surface area contributed by atoms with E-state index in [4.69, 9.17) is 10.5 Å². The molecule has 94 valence electrons. The molecule has 0 aromatic rings. The largest absolute Gasteiger partial charge is 0.383 e. The second-order valence-electron chi connectivity index (χ2n) is 4.30. The fourth-order valence-corrected chi connectivity index (χ4v) is 2.02. The quantitative estimate of drug-likeness (QED) is 0.671. The minimum Gasteiger partial charge on any atom is -0.383 e. The summed E-state index contributed by atoms with van der Waals surface area (Å²) in [6.45, 7) is 5.52. The van der Waals surface area contributed by atoms with Gasteiger partial charge in [-0.2, -0.15) is 0 Å². The molecule has 0 aromatic carbocycles. The maximum absolute atomic E-state index is 11.7. The summed E-state index contributed by atoms with van der Waals surface area (Å²) in [7, 11) is 1.55. The smallest absolute Gasteiger partial charge is 0.239 e. The number of rotatable bonds is 5. The Bertz CT molecular complexity index is 223. The van der Waals surface area contributed by atoms with Gasteiger partial charge in [0.05, 0.1) is 6.61 Å². The molecule has 0 bridgehead atoms. The van der Waals surface area contributed by atoms with Gasteiger partial charge in [0.15, 0.2) is 0 Å². The minimum atomic E-state index is -0.554. The van der Waals surface area contributed by atoms with E-state index in [0.717, 1.165) is 32.5 Å². The number of ether oxygens (including phenoxy) is 1. The van der Waals surface area contributed by atoms with Gasteiger partial charge >= 0.3 is 0 Å². The van der Waals surface area contributed by atoms with Crippen LogP contribution in [0.4, 0.5) is 0 Å². The number of amides is 1. The first-order valence-corrected chi connectivity index (χ1v) is 5.94. The molecule has 0 radical (unpaired) electrons. The number of nitrogens with zero attached hydrogens (tertiary/aromatic N) is 1. The minimum absolute atomic E-state index is 0.107. The van der Waals surface area contributed by atoms with Crippen LogP contribution in [-0.4, -0.2) is 56.2 Å². The third kappa shape index (κ3) is 4.08. The lowest BCUT2D eigenvalue weighted by atomic mass is 10.1. The Balaban J connectivity index is 2.32. The highest BCUT2D eigenvalue weighted by molar-refractivity contribution is 5.81. The predicted molar refractivity (Wildman–Crippen MR) is 63.1 cm³/mol. The van der Waals surface area contributed by atoms with Crippen LogP contribution in [-0.2, 0) is 9.53 Å². The van der Waals surface area contributed by atoms with E-state index >= 15 is 0 Å². The van der Waals surface area contributed by atoms with Crippen LogP contribution in [0.3, 0.4) is 0 Å². The third-order valence-corrected chi connectivity index (χ3v) is 2.98. The van der Waals surface area contributed by atoms with E-state index in [2.05, 4.69) is 17.1 Å². The van der Waals surface area contributed by atoms with Gasteiger partial charge in [-0.1, -0.05) is 6.92 Å². The van der Waals surface area contributed by atoms with Crippen molar-refractivity contribution in [2.24, 2.45) is 5.73 Å². The van der Waals surface area contributed by atoms with Gasteiger partial charge in [-0.05, 0) is 25.9 Å². The number of carbonyl (C=O) groups is 1. The van der Waals surface area contributed by atoms with Crippen LogP contribution in [0.1, 0.15) is 19.8 Å². The van der Waals surface area contributed by atoms with E-state index in [-0.39, 0.29) is 18.6 Å². The summed E-state index contributed by atoms with van der Waals surface area (Å²) in [5.41, 5.74) is 5.66. The van der Waals surface area contributed by atoms with Crippen molar-refractivity contribution in [1.29, 1.82) is 0 Å².